The van der Waals surface area contributed by atoms with E-state index in [1.807, 2.05) is 23.4 Å². The molecule has 33 heavy (non-hydrogen) atoms. The van der Waals surface area contributed by atoms with Crippen LogP contribution in [0.25, 0.3) is 0 Å². The van der Waals surface area contributed by atoms with E-state index in [0.29, 0.717) is 47.9 Å². The molecule has 2 N–H and O–H groups in total. The van der Waals surface area contributed by atoms with Crippen molar-refractivity contribution in [3.8, 4) is 5.75 Å². The van der Waals surface area contributed by atoms with Crippen molar-refractivity contribution in [2.45, 2.75) is 18.8 Å². The van der Waals surface area contributed by atoms with Crippen molar-refractivity contribution in [1.29, 1.82) is 0 Å². The minimum atomic E-state index is -1.57. The molecule has 4 rings (SSSR count). The number of likely N-dealkylation sites (N-methyl/N-ethyl adjacent to an activating group) is 1. The number of aliphatic hydroxyl groups is 1. The molecule has 0 spiro atoms. The molecular weight excluding hydrogens is 445 g/mol. The molecule has 10 heteroatoms. The summed E-state index contributed by atoms with van der Waals surface area (Å²) in [5.41, 5.74) is 0.747. The van der Waals surface area contributed by atoms with Crippen LogP contribution in [0.5, 0.6) is 5.75 Å². The number of hydrogen-bond donors (Lipinski definition) is 2. The van der Waals surface area contributed by atoms with Gasteiger partial charge in [0.05, 0.1) is 4.88 Å². The lowest BCUT2D eigenvalue weighted by molar-refractivity contribution is -0.147. The molecule has 0 fully saturated rings. The number of ether oxygens (including phenoxy) is 1. The molecule has 0 radical (unpaired) electrons. The van der Waals surface area contributed by atoms with Gasteiger partial charge in [0.2, 0.25) is 5.79 Å². The maximum atomic E-state index is 15.0. The van der Waals surface area contributed by atoms with Crippen molar-refractivity contribution < 1.29 is 19.0 Å². The van der Waals surface area contributed by atoms with E-state index in [9.17, 15) is 9.90 Å². The number of amides is 1. The Bertz CT molecular complexity index is 1110. The summed E-state index contributed by atoms with van der Waals surface area (Å²) in [6.07, 6.45) is 3.19. The Morgan fingerprint density at radius 1 is 1.33 bits per heavy atom. The van der Waals surface area contributed by atoms with E-state index < -0.39 is 11.6 Å². The molecule has 0 bridgehead atoms. The molecule has 0 aliphatic carbocycles. The quantitative estimate of drug-likeness (QED) is 0.488. The molecule has 0 saturated heterocycles. The molecule has 1 aromatic carbocycles. The Kier molecular flexibility index (Phi) is 6.87. The second kappa shape index (κ2) is 9.82. The van der Waals surface area contributed by atoms with Crippen LogP contribution in [0.1, 0.15) is 27.2 Å². The van der Waals surface area contributed by atoms with Crippen molar-refractivity contribution in [3.05, 3.63) is 70.1 Å². The van der Waals surface area contributed by atoms with E-state index >= 15 is 4.39 Å². The Morgan fingerprint density at radius 3 is 2.91 bits per heavy atom. The van der Waals surface area contributed by atoms with Gasteiger partial charge < -0.3 is 25.0 Å². The maximum absolute atomic E-state index is 15.0. The highest BCUT2D eigenvalue weighted by molar-refractivity contribution is 7.10. The van der Waals surface area contributed by atoms with Crippen LogP contribution in [0, 0.1) is 5.82 Å². The number of hydrogen-bond acceptors (Lipinski definition) is 8. The molecule has 0 saturated carbocycles. The van der Waals surface area contributed by atoms with E-state index in [1.165, 1.54) is 29.9 Å². The van der Waals surface area contributed by atoms with Crippen LogP contribution in [-0.2, 0) is 12.3 Å². The number of nitrogens with zero attached hydrogens (tertiary/aromatic N) is 4. The molecule has 3 aromatic rings. The topological polar surface area (TPSA) is 90.8 Å². The third-order valence-corrected chi connectivity index (χ3v) is 6.57. The molecule has 1 atom stereocenters. The first-order valence-corrected chi connectivity index (χ1v) is 11.5. The fourth-order valence-corrected chi connectivity index (χ4v) is 4.51. The number of anilines is 1. The number of carbonyl (C=O) groups excluding carboxylic acids is 1. The predicted octanol–water partition coefficient (Wildman–Crippen LogP) is 2.60. The Labute approximate surface area is 195 Å². The molecular formula is C23H26FN5O3S. The van der Waals surface area contributed by atoms with E-state index in [2.05, 4.69) is 15.3 Å². The van der Waals surface area contributed by atoms with Crippen molar-refractivity contribution in [3.63, 3.8) is 0 Å². The normalized spacial score (nSPS) is 15.7. The number of halogens is 1. The summed E-state index contributed by atoms with van der Waals surface area (Å²) in [6, 6.07) is 8.06. The van der Waals surface area contributed by atoms with Crippen molar-refractivity contribution in [2.75, 3.05) is 38.6 Å². The minimum absolute atomic E-state index is 0.0993. The van der Waals surface area contributed by atoms with Crippen LogP contribution in [-0.4, -0.2) is 59.6 Å². The van der Waals surface area contributed by atoms with Gasteiger partial charge in [0.1, 0.15) is 29.3 Å². The number of fused-ring (bicyclic) bond motifs is 1. The summed E-state index contributed by atoms with van der Waals surface area (Å²) in [5.74, 6) is -1.54. The number of thiophene rings is 1. The molecule has 174 valence electrons. The van der Waals surface area contributed by atoms with Crippen LogP contribution in [0.3, 0.4) is 0 Å². The van der Waals surface area contributed by atoms with E-state index in [1.54, 1.807) is 30.1 Å². The fraction of sp³-hybridized carbons (Fsp3) is 0.348. The summed E-state index contributed by atoms with van der Waals surface area (Å²) in [5, 5.41) is 16.0. The summed E-state index contributed by atoms with van der Waals surface area (Å²) in [7, 11) is 3.65. The lowest BCUT2D eigenvalue weighted by Crippen LogP contribution is -2.35. The monoisotopic (exact) mass is 471 g/mol. The van der Waals surface area contributed by atoms with Gasteiger partial charge in [-0.2, -0.15) is 0 Å². The van der Waals surface area contributed by atoms with Crippen molar-refractivity contribution >= 4 is 23.1 Å². The minimum Gasteiger partial charge on any atom is -0.457 e. The van der Waals surface area contributed by atoms with Gasteiger partial charge in [0, 0.05) is 57.5 Å². The third-order valence-electron chi connectivity index (χ3n) is 5.57. The van der Waals surface area contributed by atoms with Crippen LogP contribution in [0.4, 0.5) is 10.2 Å². The highest BCUT2D eigenvalue weighted by Gasteiger charge is 2.33. The van der Waals surface area contributed by atoms with Crippen molar-refractivity contribution in [2.24, 2.45) is 0 Å². The number of carbonyl (C=O) groups is 1. The number of benzene rings is 1. The standard InChI is InChI=1S/C23H26FN5O3S/c1-25-8-7-23(31,20-4-3-11-33-20)32-17-6-5-16(19(24)12-17)14-29-10-9-28(2)21-18(22(29)30)13-26-15-27-21/h3-6,11-13,15,25,31H,7-10,14H2,1-2H3/t23-/m1/s1. The average molecular weight is 472 g/mol. The number of nitrogens with one attached hydrogen (secondary N) is 1. The average Bonchev–Trinajstić information content (AvgIpc) is 3.34. The smallest absolute Gasteiger partial charge is 0.259 e. The zero-order valence-electron chi connectivity index (χ0n) is 18.5. The lowest BCUT2D eigenvalue weighted by atomic mass is 10.1. The summed E-state index contributed by atoms with van der Waals surface area (Å²) in [4.78, 5) is 25.3. The molecule has 2 aromatic heterocycles. The molecule has 1 aliphatic heterocycles. The zero-order chi connectivity index (χ0) is 23.4. The SMILES string of the molecule is CNCC[C@@](O)(Oc1ccc(CN2CCN(C)c3ncncc3C2=O)c(F)c1)c1cccs1. The van der Waals surface area contributed by atoms with Crippen LogP contribution in [0.15, 0.2) is 48.2 Å². The first kappa shape index (κ1) is 23.1. The predicted molar refractivity (Wildman–Crippen MR) is 124 cm³/mol. The van der Waals surface area contributed by atoms with E-state index in [-0.39, 0.29) is 18.2 Å². The van der Waals surface area contributed by atoms with Gasteiger partial charge in [-0.15, -0.1) is 11.3 Å². The van der Waals surface area contributed by atoms with E-state index in [4.69, 9.17) is 4.74 Å². The van der Waals surface area contributed by atoms with Gasteiger partial charge >= 0.3 is 0 Å². The van der Waals surface area contributed by atoms with Crippen molar-refractivity contribution in [1.82, 2.24) is 20.2 Å². The summed E-state index contributed by atoms with van der Waals surface area (Å²) < 4.78 is 20.9. The fourth-order valence-electron chi connectivity index (χ4n) is 3.72. The molecule has 0 unspecified atom stereocenters. The largest absolute Gasteiger partial charge is 0.457 e. The second-order valence-corrected chi connectivity index (χ2v) is 8.83. The first-order chi connectivity index (χ1) is 15.9. The second-order valence-electron chi connectivity index (χ2n) is 7.88. The van der Waals surface area contributed by atoms with Crippen LogP contribution < -0.4 is 15.0 Å². The van der Waals surface area contributed by atoms with E-state index in [0.717, 1.165) is 0 Å². The number of aromatic nitrogens is 2. The Morgan fingerprint density at radius 2 is 2.18 bits per heavy atom. The third kappa shape index (κ3) is 4.97. The maximum Gasteiger partial charge on any atom is 0.259 e. The lowest BCUT2D eigenvalue weighted by Gasteiger charge is -2.28. The first-order valence-electron chi connectivity index (χ1n) is 10.6. The van der Waals surface area contributed by atoms with Gasteiger partial charge in [-0.1, -0.05) is 12.1 Å². The van der Waals surface area contributed by atoms with Gasteiger partial charge in [-0.25, -0.2) is 14.4 Å². The summed E-state index contributed by atoms with van der Waals surface area (Å²) >= 11 is 1.37. The molecule has 1 amide bonds. The molecule has 8 nitrogen and oxygen atoms in total. The highest BCUT2D eigenvalue weighted by atomic mass is 32.1. The van der Waals surface area contributed by atoms with Gasteiger partial charge in [-0.05, 0) is 24.6 Å². The molecule has 1 aliphatic rings. The van der Waals surface area contributed by atoms with Gasteiger partial charge in [0.15, 0.2) is 0 Å². The van der Waals surface area contributed by atoms with Gasteiger partial charge in [0.25, 0.3) is 5.91 Å². The summed E-state index contributed by atoms with van der Waals surface area (Å²) in [6.45, 7) is 1.61. The van der Waals surface area contributed by atoms with Crippen LogP contribution >= 0.6 is 11.3 Å². The van der Waals surface area contributed by atoms with Gasteiger partial charge in [-0.3, -0.25) is 4.79 Å². The van der Waals surface area contributed by atoms with Crippen LogP contribution in [0.2, 0.25) is 0 Å². The Balaban J connectivity index is 1.53. The molecule has 3 heterocycles. The highest BCUT2D eigenvalue weighted by Crippen LogP contribution is 2.33. The number of rotatable bonds is 8. The zero-order valence-corrected chi connectivity index (χ0v) is 19.3. The Hall–Kier alpha value is -3.08.